The summed E-state index contributed by atoms with van der Waals surface area (Å²) in [5, 5.41) is 4.08. The van der Waals surface area contributed by atoms with E-state index in [9.17, 15) is 4.79 Å². The molecule has 2 heterocycles. The van der Waals surface area contributed by atoms with Gasteiger partial charge in [-0.3, -0.25) is 4.79 Å². The number of benzene rings is 1. The van der Waals surface area contributed by atoms with Crippen LogP contribution in [0.15, 0.2) is 28.8 Å². The minimum Gasteiger partial charge on any atom is -0.482 e. The highest BCUT2D eigenvalue weighted by atomic mass is 16.5. The normalized spacial score (nSPS) is 22.1. The summed E-state index contributed by atoms with van der Waals surface area (Å²) in [7, 11) is 0. The minimum atomic E-state index is -0.162. The Labute approximate surface area is 122 Å². The summed E-state index contributed by atoms with van der Waals surface area (Å²) in [6, 6.07) is 7.99. The molecule has 0 N–H and O–H groups in total. The molecule has 0 amide bonds. The molecule has 21 heavy (non-hydrogen) atoms. The van der Waals surface area contributed by atoms with Gasteiger partial charge in [-0.2, -0.15) is 4.98 Å². The van der Waals surface area contributed by atoms with E-state index < -0.39 is 0 Å². The van der Waals surface area contributed by atoms with Crippen LogP contribution in [0.5, 0.6) is 5.75 Å². The Hall–Kier alpha value is -2.17. The van der Waals surface area contributed by atoms with Gasteiger partial charge in [-0.05, 0) is 24.5 Å². The SMILES string of the molecule is O=C1CCC(c2nc(C3Cc4ccccc4O3)no2)CC1. The zero-order chi connectivity index (χ0) is 14.2. The number of aromatic nitrogens is 2. The molecular weight excluding hydrogens is 268 g/mol. The van der Waals surface area contributed by atoms with Crippen LogP contribution in [0, 0.1) is 0 Å². The standard InChI is InChI=1S/C16H16N2O3/c19-12-7-5-10(6-8-12)16-17-15(18-21-16)14-9-11-3-1-2-4-13(11)20-14/h1-4,10,14H,5-9H2. The molecule has 1 unspecified atom stereocenters. The van der Waals surface area contributed by atoms with Crippen LogP contribution in [0.4, 0.5) is 0 Å². The molecule has 2 aromatic rings. The van der Waals surface area contributed by atoms with Gasteiger partial charge in [0.05, 0.1) is 0 Å². The molecule has 4 rings (SSSR count). The summed E-state index contributed by atoms with van der Waals surface area (Å²) < 4.78 is 11.3. The first-order valence-corrected chi connectivity index (χ1v) is 7.39. The molecular formula is C16H16N2O3. The lowest BCUT2D eigenvalue weighted by atomic mass is 9.88. The summed E-state index contributed by atoms with van der Waals surface area (Å²) in [5.74, 6) is 2.71. The second-order valence-electron chi connectivity index (χ2n) is 5.72. The monoisotopic (exact) mass is 284 g/mol. The molecule has 108 valence electrons. The molecule has 1 aromatic carbocycles. The molecule has 1 saturated carbocycles. The van der Waals surface area contributed by atoms with E-state index in [1.165, 1.54) is 5.56 Å². The summed E-state index contributed by atoms with van der Waals surface area (Å²) in [6.45, 7) is 0. The first kappa shape index (κ1) is 12.6. The predicted octanol–water partition coefficient (Wildman–Crippen LogP) is 2.97. The second-order valence-corrected chi connectivity index (χ2v) is 5.72. The molecule has 0 radical (unpaired) electrons. The predicted molar refractivity (Wildman–Crippen MR) is 74.0 cm³/mol. The lowest BCUT2D eigenvalue weighted by molar-refractivity contribution is -0.120. The van der Waals surface area contributed by atoms with E-state index in [1.54, 1.807) is 0 Å². The Balaban J connectivity index is 1.50. The van der Waals surface area contributed by atoms with Crippen molar-refractivity contribution in [1.82, 2.24) is 10.1 Å². The van der Waals surface area contributed by atoms with E-state index in [0.717, 1.165) is 25.0 Å². The fourth-order valence-corrected chi connectivity index (χ4v) is 3.06. The number of carbonyl (C=O) groups excluding carboxylic acids is 1. The van der Waals surface area contributed by atoms with Crippen LogP contribution in [-0.2, 0) is 11.2 Å². The maximum absolute atomic E-state index is 11.3. The summed E-state index contributed by atoms with van der Waals surface area (Å²) in [5.41, 5.74) is 1.18. The van der Waals surface area contributed by atoms with E-state index in [2.05, 4.69) is 16.2 Å². The average molecular weight is 284 g/mol. The van der Waals surface area contributed by atoms with Crippen LogP contribution in [-0.4, -0.2) is 15.9 Å². The van der Waals surface area contributed by atoms with Crippen molar-refractivity contribution in [2.75, 3.05) is 0 Å². The zero-order valence-corrected chi connectivity index (χ0v) is 11.6. The van der Waals surface area contributed by atoms with Crippen LogP contribution in [0.25, 0.3) is 0 Å². The molecule has 0 spiro atoms. The van der Waals surface area contributed by atoms with E-state index in [1.807, 2.05) is 18.2 Å². The van der Waals surface area contributed by atoms with Crippen LogP contribution >= 0.6 is 0 Å². The van der Waals surface area contributed by atoms with Crippen molar-refractivity contribution in [3.63, 3.8) is 0 Å². The van der Waals surface area contributed by atoms with Crippen molar-refractivity contribution in [3.05, 3.63) is 41.5 Å². The van der Waals surface area contributed by atoms with Crippen molar-refractivity contribution in [3.8, 4) is 5.75 Å². The molecule has 1 atom stereocenters. The molecule has 1 aliphatic heterocycles. The Morgan fingerprint density at radius 3 is 2.76 bits per heavy atom. The van der Waals surface area contributed by atoms with Crippen LogP contribution in [0.2, 0.25) is 0 Å². The fraction of sp³-hybridized carbons (Fsp3) is 0.438. The Bertz CT molecular complexity index is 645. The highest BCUT2D eigenvalue weighted by Gasteiger charge is 2.30. The number of fused-ring (bicyclic) bond motifs is 1. The van der Waals surface area contributed by atoms with Gasteiger partial charge in [0.1, 0.15) is 11.5 Å². The quantitative estimate of drug-likeness (QED) is 0.848. The summed E-state index contributed by atoms with van der Waals surface area (Å²) in [4.78, 5) is 15.8. The largest absolute Gasteiger partial charge is 0.482 e. The van der Waals surface area contributed by atoms with Crippen LogP contribution in [0.1, 0.15) is 55.0 Å². The molecule has 2 aliphatic rings. The third-order valence-corrected chi connectivity index (χ3v) is 4.29. The van der Waals surface area contributed by atoms with Gasteiger partial charge in [-0.1, -0.05) is 23.4 Å². The highest BCUT2D eigenvalue weighted by molar-refractivity contribution is 5.79. The number of hydrogen-bond donors (Lipinski definition) is 0. The molecule has 0 bridgehead atoms. The average Bonchev–Trinajstić information content (AvgIpc) is 3.14. The van der Waals surface area contributed by atoms with E-state index >= 15 is 0 Å². The maximum atomic E-state index is 11.3. The third-order valence-electron chi connectivity index (χ3n) is 4.29. The van der Waals surface area contributed by atoms with Crippen molar-refractivity contribution < 1.29 is 14.1 Å². The van der Waals surface area contributed by atoms with Gasteiger partial charge in [0.25, 0.3) is 0 Å². The third kappa shape index (κ3) is 2.33. The molecule has 1 aromatic heterocycles. The molecule has 1 fully saturated rings. The van der Waals surface area contributed by atoms with Gasteiger partial charge >= 0.3 is 0 Å². The first-order valence-electron chi connectivity index (χ1n) is 7.39. The van der Waals surface area contributed by atoms with Crippen LogP contribution < -0.4 is 4.74 Å². The number of carbonyl (C=O) groups is 1. The summed E-state index contributed by atoms with van der Waals surface area (Å²) in [6.07, 6.45) is 3.48. The topological polar surface area (TPSA) is 65.2 Å². The second kappa shape index (κ2) is 4.98. The minimum absolute atomic E-state index is 0.162. The number of Topliss-reactive ketones (excluding diaryl/α,β-unsaturated/α-hetero) is 1. The number of hydrogen-bond acceptors (Lipinski definition) is 5. The number of nitrogens with zero attached hydrogens (tertiary/aromatic N) is 2. The Morgan fingerprint density at radius 2 is 1.95 bits per heavy atom. The van der Waals surface area contributed by atoms with Gasteiger partial charge in [-0.15, -0.1) is 0 Å². The van der Waals surface area contributed by atoms with Gasteiger partial charge in [0, 0.05) is 25.2 Å². The van der Waals surface area contributed by atoms with Crippen molar-refractivity contribution in [2.24, 2.45) is 0 Å². The number of rotatable bonds is 2. The van der Waals surface area contributed by atoms with Gasteiger partial charge in [0.2, 0.25) is 11.7 Å². The van der Waals surface area contributed by atoms with Gasteiger partial charge in [-0.25, -0.2) is 0 Å². The van der Waals surface area contributed by atoms with Crippen molar-refractivity contribution in [2.45, 2.75) is 44.1 Å². The van der Waals surface area contributed by atoms with E-state index in [0.29, 0.717) is 30.3 Å². The van der Waals surface area contributed by atoms with Crippen LogP contribution in [0.3, 0.4) is 0 Å². The Kier molecular flexibility index (Phi) is 2.98. The number of ether oxygens (including phenoxy) is 1. The first-order chi connectivity index (χ1) is 10.3. The lowest BCUT2D eigenvalue weighted by Crippen LogP contribution is -2.13. The van der Waals surface area contributed by atoms with Gasteiger partial charge in [0.15, 0.2) is 6.10 Å². The van der Waals surface area contributed by atoms with Gasteiger partial charge < -0.3 is 9.26 Å². The number of ketones is 1. The highest BCUT2D eigenvalue weighted by Crippen LogP contribution is 2.36. The zero-order valence-electron chi connectivity index (χ0n) is 11.6. The maximum Gasteiger partial charge on any atom is 0.229 e. The fourth-order valence-electron chi connectivity index (χ4n) is 3.06. The molecule has 5 heteroatoms. The number of para-hydroxylation sites is 1. The Morgan fingerprint density at radius 1 is 1.14 bits per heavy atom. The smallest absolute Gasteiger partial charge is 0.229 e. The molecule has 0 saturated heterocycles. The van der Waals surface area contributed by atoms with E-state index in [4.69, 9.17) is 9.26 Å². The van der Waals surface area contributed by atoms with Crippen molar-refractivity contribution >= 4 is 5.78 Å². The summed E-state index contributed by atoms with van der Waals surface area (Å²) >= 11 is 0. The lowest BCUT2D eigenvalue weighted by Gasteiger charge is -2.16. The molecule has 1 aliphatic carbocycles. The molecule has 5 nitrogen and oxygen atoms in total. The van der Waals surface area contributed by atoms with Crippen molar-refractivity contribution in [1.29, 1.82) is 0 Å². The van der Waals surface area contributed by atoms with E-state index in [-0.39, 0.29) is 12.0 Å².